The molecule has 41 heavy (non-hydrogen) atoms. The highest BCUT2D eigenvalue weighted by Crippen LogP contribution is 2.38. The molecule has 0 bridgehead atoms. The predicted octanol–water partition coefficient (Wildman–Crippen LogP) is 5.18. The number of phenols is 1. The summed E-state index contributed by atoms with van der Waals surface area (Å²) in [5.41, 5.74) is 2.35. The van der Waals surface area contributed by atoms with E-state index in [0.29, 0.717) is 52.2 Å². The average molecular weight is 700 g/mol. The van der Waals surface area contributed by atoms with Gasteiger partial charge in [-0.05, 0) is 80.3 Å². The van der Waals surface area contributed by atoms with Crippen LogP contribution in [0.4, 0.5) is 0 Å². The van der Waals surface area contributed by atoms with Gasteiger partial charge < -0.3 is 19.3 Å². The van der Waals surface area contributed by atoms with Crippen LogP contribution in [-0.4, -0.2) is 36.5 Å². The molecular weight excluding hydrogens is 676 g/mol. The van der Waals surface area contributed by atoms with Gasteiger partial charge in [-0.15, -0.1) is 0 Å². The summed E-state index contributed by atoms with van der Waals surface area (Å²) in [6, 6.07) is 17.2. The minimum absolute atomic E-state index is 0.0589. The van der Waals surface area contributed by atoms with Crippen LogP contribution in [0.5, 0.6) is 17.2 Å². The number of carbonyl (C=O) groups is 1. The number of aromatic nitrogens is 1. The van der Waals surface area contributed by atoms with Gasteiger partial charge >= 0.3 is 5.97 Å². The summed E-state index contributed by atoms with van der Waals surface area (Å²) in [6.07, 6.45) is 1.72. The number of esters is 1. The molecule has 0 unspecified atom stereocenters. The third kappa shape index (κ3) is 5.49. The normalized spacial score (nSPS) is 14.9. The fourth-order valence-electron chi connectivity index (χ4n) is 4.60. The number of halogens is 2. The Kier molecular flexibility index (Phi) is 8.48. The molecule has 5 rings (SSSR count). The number of hydrogen-bond acceptors (Lipinski definition) is 8. The van der Waals surface area contributed by atoms with Gasteiger partial charge in [-0.3, -0.25) is 9.36 Å². The largest absolute Gasteiger partial charge is 0.506 e. The first-order valence-electron chi connectivity index (χ1n) is 12.5. The Morgan fingerprint density at radius 3 is 2.37 bits per heavy atom. The zero-order valence-electron chi connectivity index (χ0n) is 22.2. The van der Waals surface area contributed by atoms with Crippen LogP contribution in [0.15, 0.2) is 85.0 Å². The van der Waals surface area contributed by atoms with E-state index in [0.717, 1.165) is 0 Å². The summed E-state index contributed by atoms with van der Waals surface area (Å²) >= 11 is 7.90. The molecule has 4 aromatic rings. The standard InChI is InChI=1S/C30H24Br2N2O6S/c1-4-40-29(37)24-25(17-8-6-5-7-9-17)33-30-34(26(24)18-10-11-21(38-2)22(15-18)39-3)28(36)23(41-30)14-16-12-19(31)27(35)20(32)13-16/h5-15,26,35H,4H2,1-3H3/b23-14-/t26-/m1/s1. The van der Waals surface area contributed by atoms with E-state index in [-0.39, 0.29) is 23.5 Å². The maximum atomic E-state index is 14.1. The Morgan fingerprint density at radius 2 is 1.73 bits per heavy atom. The van der Waals surface area contributed by atoms with Crippen molar-refractivity contribution >= 4 is 60.9 Å². The van der Waals surface area contributed by atoms with Crippen molar-refractivity contribution < 1.29 is 24.1 Å². The number of carbonyl (C=O) groups excluding carboxylic acids is 1. The maximum absolute atomic E-state index is 14.1. The maximum Gasteiger partial charge on any atom is 0.338 e. The summed E-state index contributed by atoms with van der Waals surface area (Å²) < 4.78 is 19.4. The first-order chi connectivity index (χ1) is 19.8. The summed E-state index contributed by atoms with van der Waals surface area (Å²) in [7, 11) is 3.07. The summed E-state index contributed by atoms with van der Waals surface area (Å²) in [4.78, 5) is 33.0. The van der Waals surface area contributed by atoms with Crippen molar-refractivity contribution in [1.29, 1.82) is 0 Å². The number of benzene rings is 3. The Labute approximate surface area is 256 Å². The fourth-order valence-corrected chi connectivity index (χ4v) is 6.82. The van der Waals surface area contributed by atoms with E-state index in [1.165, 1.54) is 30.1 Å². The molecule has 0 spiro atoms. The molecule has 1 atom stereocenters. The molecule has 1 aliphatic heterocycles. The molecule has 8 nitrogen and oxygen atoms in total. The van der Waals surface area contributed by atoms with Crippen LogP contribution in [0.1, 0.15) is 29.7 Å². The van der Waals surface area contributed by atoms with E-state index in [2.05, 4.69) is 31.9 Å². The molecule has 1 aromatic heterocycles. The van der Waals surface area contributed by atoms with Gasteiger partial charge in [-0.2, -0.15) is 0 Å². The number of rotatable bonds is 7. The lowest BCUT2D eigenvalue weighted by Crippen LogP contribution is -2.40. The highest BCUT2D eigenvalue weighted by Gasteiger charge is 2.35. The lowest BCUT2D eigenvalue weighted by Gasteiger charge is -2.26. The van der Waals surface area contributed by atoms with Crippen molar-refractivity contribution in [3.8, 4) is 17.2 Å². The molecule has 0 amide bonds. The van der Waals surface area contributed by atoms with E-state index in [4.69, 9.17) is 19.2 Å². The van der Waals surface area contributed by atoms with E-state index < -0.39 is 12.0 Å². The van der Waals surface area contributed by atoms with Gasteiger partial charge in [-0.25, -0.2) is 9.79 Å². The van der Waals surface area contributed by atoms with Gasteiger partial charge in [0.05, 0.1) is 51.6 Å². The molecule has 0 aliphatic carbocycles. The SMILES string of the molecule is CCOC(=O)C1=C(c2ccccc2)N=c2s/c(=C\c3cc(Br)c(O)c(Br)c3)c(=O)n2[C@@H]1c1ccc(OC)c(OC)c1. The van der Waals surface area contributed by atoms with Crippen LogP contribution >= 0.6 is 43.2 Å². The van der Waals surface area contributed by atoms with E-state index in [1.807, 2.05) is 30.3 Å². The monoisotopic (exact) mass is 698 g/mol. The molecule has 11 heteroatoms. The highest BCUT2D eigenvalue weighted by atomic mass is 79.9. The van der Waals surface area contributed by atoms with E-state index >= 15 is 0 Å². The molecule has 1 N–H and O–H groups in total. The molecule has 2 heterocycles. The van der Waals surface area contributed by atoms with Gasteiger partial charge in [0.1, 0.15) is 5.75 Å². The average Bonchev–Trinajstić information content (AvgIpc) is 3.29. The third-order valence-corrected chi connectivity index (χ3v) is 8.63. The molecule has 0 saturated heterocycles. The van der Waals surface area contributed by atoms with Gasteiger partial charge in [0.2, 0.25) is 0 Å². The topological polar surface area (TPSA) is 99.4 Å². The molecule has 210 valence electrons. The molecule has 0 radical (unpaired) electrons. The first kappa shape index (κ1) is 28.8. The van der Waals surface area contributed by atoms with Crippen LogP contribution in [0, 0.1) is 0 Å². The zero-order chi connectivity index (χ0) is 29.3. The summed E-state index contributed by atoms with van der Waals surface area (Å²) in [5.74, 6) is 0.448. The number of phenolic OH excluding ortho intramolecular Hbond substituents is 1. The first-order valence-corrected chi connectivity index (χ1v) is 14.9. The Morgan fingerprint density at radius 1 is 1.05 bits per heavy atom. The zero-order valence-corrected chi connectivity index (χ0v) is 26.2. The molecular formula is C30H24Br2N2O6S. The third-order valence-electron chi connectivity index (χ3n) is 6.43. The second-order valence-corrected chi connectivity index (χ2v) is 11.6. The number of thiazole rings is 1. The van der Waals surface area contributed by atoms with Gasteiger partial charge in [0.25, 0.3) is 5.56 Å². The van der Waals surface area contributed by atoms with Crippen LogP contribution in [-0.2, 0) is 9.53 Å². The minimum Gasteiger partial charge on any atom is -0.506 e. The number of fused-ring (bicyclic) bond motifs is 1. The Bertz CT molecular complexity index is 1840. The molecule has 0 fully saturated rings. The second kappa shape index (κ2) is 12.1. The van der Waals surface area contributed by atoms with Gasteiger partial charge in [0, 0.05) is 5.56 Å². The molecule has 0 saturated carbocycles. The fraction of sp³-hybridized carbons (Fsp3) is 0.167. The van der Waals surface area contributed by atoms with E-state index in [1.54, 1.807) is 43.3 Å². The number of hydrogen-bond donors (Lipinski definition) is 1. The van der Waals surface area contributed by atoms with Crippen molar-refractivity contribution in [2.24, 2.45) is 4.99 Å². The van der Waals surface area contributed by atoms with Crippen molar-refractivity contribution in [3.05, 3.63) is 112 Å². The van der Waals surface area contributed by atoms with E-state index in [9.17, 15) is 14.7 Å². The van der Waals surface area contributed by atoms with Crippen LogP contribution in [0.25, 0.3) is 11.8 Å². The Balaban J connectivity index is 1.84. The predicted molar refractivity (Wildman–Crippen MR) is 164 cm³/mol. The lowest BCUT2D eigenvalue weighted by atomic mass is 9.93. The number of aromatic hydroxyl groups is 1. The number of methoxy groups -OCH3 is 2. The number of ether oxygens (including phenoxy) is 3. The quantitative estimate of drug-likeness (QED) is 0.267. The van der Waals surface area contributed by atoms with Crippen LogP contribution in [0.3, 0.4) is 0 Å². The van der Waals surface area contributed by atoms with Crippen molar-refractivity contribution in [2.45, 2.75) is 13.0 Å². The van der Waals surface area contributed by atoms with Crippen molar-refractivity contribution in [3.63, 3.8) is 0 Å². The molecule has 3 aromatic carbocycles. The number of nitrogens with zero attached hydrogens (tertiary/aromatic N) is 2. The van der Waals surface area contributed by atoms with Crippen molar-refractivity contribution in [2.75, 3.05) is 20.8 Å². The van der Waals surface area contributed by atoms with Crippen molar-refractivity contribution in [1.82, 2.24) is 4.57 Å². The Hall–Kier alpha value is -3.67. The molecule has 1 aliphatic rings. The van der Waals surface area contributed by atoms with Gasteiger partial charge in [-0.1, -0.05) is 47.7 Å². The summed E-state index contributed by atoms with van der Waals surface area (Å²) in [6.45, 7) is 1.88. The van der Waals surface area contributed by atoms with Crippen LogP contribution in [0.2, 0.25) is 0 Å². The smallest absolute Gasteiger partial charge is 0.338 e. The lowest BCUT2D eigenvalue weighted by molar-refractivity contribution is -0.138. The van der Waals surface area contributed by atoms with Crippen LogP contribution < -0.4 is 24.4 Å². The summed E-state index contributed by atoms with van der Waals surface area (Å²) in [5, 5.41) is 10.1. The van der Waals surface area contributed by atoms with Gasteiger partial charge in [0.15, 0.2) is 16.3 Å². The highest BCUT2D eigenvalue weighted by molar-refractivity contribution is 9.11. The minimum atomic E-state index is -0.860. The second-order valence-electron chi connectivity index (χ2n) is 8.88.